The van der Waals surface area contributed by atoms with Crippen LogP contribution in [0.15, 0.2) is 72.8 Å². The number of fused-ring (bicyclic) bond motifs is 1. The van der Waals surface area contributed by atoms with Crippen molar-refractivity contribution < 1.29 is 9.59 Å². The van der Waals surface area contributed by atoms with Crippen LogP contribution in [-0.4, -0.2) is 21.7 Å². The smallest absolute Gasteiger partial charge is 0.255 e. The van der Waals surface area contributed by atoms with E-state index >= 15 is 0 Å². The molecule has 1 heterocycles. The van der Waals surface area contributed by atoms with Crippen molar-refractivity contribution in [1.29, 1.82) is 0 Å². The molecule has 5 heteroatoms. The zero-order chi connectivity index (χ0) is 22.6. The second-order valence-corrected chi connectivity index (χ2v) is 8.85. The quantitative estimate of drug-likeness (QED) is 0.332. The van der Waals surface area contributed by atoms with Crippen molar-refractivity contribution in [3.05, 3.63) is 83.9 Å². The third-order valence-electron chi connectivity index (χ3n) is 6.46. The zero-order valence-corrected chi connectivity index (χ0v) is 18.5. The number of ketones is 1. The van der Waals surface area contributed by atoms with Crippen LogP contribution >= 0.6 is 0 Å². The molecule has 0 bridgehead atoms. The first-order valence-electron chi connectivity index (χ1n) is 11.7. The Morgan fingerprint density at radius 3 is 2.36 bits per heavy atom. The van der Waals surface area contributed by atoms with E-state index in [-0.39, 0.29) is 11.7 Å². The first kappa shape index (κ1) is 21.1. The number of hydrogen-bond donors (Lipinski definition) is 2. The summed E-state index contributed by atoms with van der Waals surface area (Å²) in [6, 6.07) is 22.5. The van der Waals surface area contributed by atoms with E-state index in [1.54, 1.807) is 12.1 Å². The molecule has 1 saturated carbocycles. The number of aromatic nitrogens is 2. The van der Waals surface area contributed by atoms with Crippen molar-refractivity contribution in [1.82, 2.24) is 9.97 Å². The average Bonchev–Trinajstić information content (AvgIpc) is 3.29. The number of anilines is 1. The van der Waals surface area contributed by atoms with Crippen molar-refractivity contribution in [3.8, 4) is 11.4 Å². The average molecular weight is 438 g/mol. The molecule has 4 aromatic rings. The maximum Gasteiger partial charge on any atom is 0.255 e. The number of imidazole rings is 1. The fourth-order valence-electron chi connectivity index (χ4n) is 4.59. The number of H-pyrrole nitrogens is 1. The standard InChI is InChI=1S/C28H27N3O2/c32-26(17-19-7-3-1-4-8-19)20-11-13-21(14-12-20)27-30-24-16-15-22(18-25(24)31-27)28(33)29-23-9-5-2-6-10-23/h2,5-6,9-16,18-19H,1,3-4,7-8,17H2,(H,29,33)(H,30,31). The van der Waals surface area contributed by atoms with Gasteiger partial charge < -0.3 is 10.3 Å². The number of Topliss-reactive ketones (excluding diaryl/α,β-unsaturated/α-hetero) is 1. The van der Waals surface area contributed by atoms with Gasteiger partial charge in [0, 0.05) is 28.8 Å². The van der Waals surface area contributed by atoms with E-state index in [1.807, 2.05) is 60.7 Å². The number of aromatic amines is 1. The number of nitrogens with one attached hydrogen (secondary N) is 2. The summed E-state index contributed by atoms with van der Waals surface area (Å²) in [5, 5.41) is 2.90. The van der Waals surface area contributed by atoms with Crippen LogP contribution in [0.5, 0.6) is 0 Å². The third kappa shape index (κ3) is 4.87. The summed E-state index contributed by atoms with van der Waals surface area (Å²) in [6.07, 6.45) is 6.80. The molecule has 3 aromatic carbocycles. The fourth-order valence-corrected chi connectivity index (χ4v) is 4.59. The van der Waals surface area contributed by atoms with Crippen LogP contribution in [0.4, 0.5) is 5.69 Å². The molecule has 0 unspecified atom stereocenters. The van der Waals surface area contributed by atoms with E-state index < -0.39 is 0 Å². The van der Waals surface area contributed by atoms with Gasteiger partial charge in [-0.05, 0) is 36.2 Å². The summed E-state index contributed by atoms with van der Waals surface area (Å²) in [6.45, 7) is 0. The van der Waals surface area contributed by atoms with Gasteiger partial charge in [0.25, 0.3) is 5.91 Å². The van der Waals surface area contributed by atoms with Crippen LogP contribution in [0.2, 0.25) is 0 Å². The van der Waals surface area contributed by atoms with Gasteiger partial charge in [0.1, 0.15) is 5.82 Å². The summed E-state index contributed by atoms with van der Waals surface area (Å²) in [4.78, 5) is 33.3. The Morgan fingerprint density at radius 2 is 1.61 bits per heavy atom. The van der Waals surface area contributed by atoms with Crippen molar-refractivity contribution >= 4 is 28.4 Å². The summed E-state index contributed by atoms with van der Waals surface area (Å²) in [5.41, 5.74) is 4.56. The summed E-state index contributed by atoms with van der Waals surface area (Å²) in [7, 11) is 0. The zero-order valence-electron chi connectivity index (χ0n) is 18.5. The predicted octanol–water partition coefficient (Wildman–Crippen LogP) is 6.64. The number of hydrogen-bond acceptors (Lipinski definition) is 3. The van der Waals surface area contributed by atoms with E-state index in [2.05, 4.69) is 15.3 Å². The van der Waals surface area contributed by atoms with E-state index in [0.29, 0.717) is 17.9 Å². The van der Waals surface area contributed by atoms with Gasteiger partial charge in [-0.25, -0.2) is 4.98 Å². The molecule has 0 aliphatic heterocycles. The molecule has 1 aliphatic rings. The molecule has 33 heavy (non-hydrogen) atoms. The van der Waals surface area contributed by atoms with Gasteiger partial charge in [-0.15, -0.1) is 0 Å². The summed E-state index contributed by atoms with van der Waals surface area (Å²) in [5.74, 6) is 1.31. The van der Waals surface area contributed by atoms with Gasteiger partial charge in [0.2, 0.25) is 0 Å². The Labute approximate surface area is 193 Å². The molecule has 1 fully saturated rings. The summed E-state index contributed by atoms with van der Waals surface area (Å²) < 4.78 is 0. The lowest BCUT2D eigenvalue weighted by atomic mass is 9.85. The highest BCUT2D eigenvalue weighted by atomic mass is 16.1. The third-order valence-corrected chi connectivity index (χ3v) is 6.46. The Morgan fingerprint density at radius 1 is 0.879 bits per heavy atom. The van der Waals surface area contributed by atoms with Crippen LogP contribution in [0.1, 0.15) is 59.2 Å². The Kier molecular flexibility index (Phi) is 6.03. The fraction of sp³-hybridized carbons (Fsp3) is 0.250. The van der Waals surface area contributed by atoms with Crippen LogP contribution < -0.4 is 5.32 Å². The molecule has 2 N–H and O–H groups in total. The minimum Gasteiger partial charge on any atom is -0.338 e. The highest BCUT2D eigenvalue weighted by molar-refractivity contribution is 6.06. The molecule has 166 valence electrons. The highest BCUT2D eigenvalue weighted by Gasteiger charge is 2.18. The second kappa shape index (κ2) is 9.41. The van der Waals surface area contributed by atoms with Crippen LogP contribution in [0, 0.1) is 5.92 Å². The first-order chi connectivity index (χ1) is 16.2. The Balaban J connectivity index is 1.30. The minimum absolute atomic E-state index is 0.173. The number of para-hydroxylation sites is 1. The number of carbonyl (C=O) groups excluding carboxylic acids is 2. The van der Waals surface area contributed by atoms with Crippen molar-refractivity contribution in [2.24, 2.45) is 5.92 Å². The topological polar surface area (TPSA) is 74.8 Å². The molecule has 1 aromatic heterocycles. The molecule has 0 radical (unpaired) electrons. The predicted molar refractivity (Wildman–Crippen MR) is 131 cm³/mol. The lowest BCUT2D eigenvalue weighted by Gasteiger charge is -2.20. The molecule has 0 saturated heterocycles. The maximum absolute atomic E-state index is 12.7. The first-order valence-corrected chi connectivity index (χ1v) is 11.7. The minimum atomic E-state index is -0.173. The van der Waals surface area contributed by atoms with E-state index in [0.717, 1.165) is 33.7 Å². The monoisotopic (exact) mass is 437 g/mol. The summed E-state index contributed by atoms with van der Waals surface area (Å²) >= 11 is 0. The Hall–Kier alpha value is -3.73. The van der Waals surface area contributed by atoms with Gasteiger partial charge in [-0.2, -0.15) is 0 Å². The molecule has 1 aliphatic carbocycles. The van der Waals surface area contributed by atoms with Crippen molar-refractivity contribution in [2.45, 2.75) is 38.5 Å². The number of rotatable bonds is 6. The van der Waals surface area contributed by atoms with E-state index in [9.17, 15) is 9.59 Å². The SMILES string of the molecule is O=C(CC1CCCCC1)c1ccc(-c2nc3cc(C(=O)Nc4ccccc4)ccc3[nH]2)cc1. The number of nitrogens with zero attached hydrogens (tertiary/aromatic N) is 1. The van der Waals surface area contributed by atoms with Crippen LogP contribution in [0.3, 0.4) is 0 Å². The van der Waals surface area contributed by atoms with Crippen LogP contribution in [-0.2, 0) is 0 Å². The van der Waals surface area contributed by atoms with E-state index in [4.69, 9.17) is 0 Å². The van der Waals surface area contributed by atoms with Gasteiger partial charge >= 0.3 is 0 Å². The molecule has 5 nitrogen and oxygen atoms in total. The van der Waals surface area contributed by atoms with Crippen molar-refractivity contribution in [3.63, 3.8) is 0 Å². The lowest BCUT2D eigenvalue weighted by Crippen LogP contribution is -2.12. The van der Waals surface area contributed by atoms with Gasteiger partial charge in [0.15, 0.2) is 5.78 Å². The maximum atomic E-state index is 12.7. The lowest BCUT2D eigenvalue weighted by molar-refractivity contribution is 0.0949. The second-order valence-electron chi connectivity index (χ2n) is 8.85. The molecule has 1 amide bonds. The van der Waals surface area contributed by atoms with Gasteiger partial charge in [0.05, 0.1) is 11.0 Å². The molecule has 0 atom stereocenters. The number of carbonyl (C=O) groups is 2. The molecular weight excluding hydrogens is 410 g/mol. The normalized spacial score (nSPS) is 14.3. The molecule has 0 spiro atoms. The Bertz CT molecular complexity index is 1270. The molecular formula is C28H27N3O2. The van der Waals surface area contributed by atoms with Crippen molar-refractivity contribution in [2.75, 3.05) is 5.32 Å². The molecule has 5 rings (SSSR count). The largest absolute Gasteiger partial charge is 0.338 e. The number of amides is 1. The number of benzene rings is 3. The van der Waals surface area contributed by atoms with Gasteiger partial charge in [-0.1, -0.05) is 74.6 Å². The van der Waals surface area contributed by atoms with E-state index in [1.165, 1.54) is 32.1 Å². The van der Waals surface area contributed by atoms with Crippen LogP contribution in [0.25, 0.3) is 22.4 Å². The highest BCUT2D eigenvalue weighted by Crippen LogP contribution is 2.28. The van der Waals surface area contributed by atoms with Gasteiger partial charge in [-0.3, -0.25) is 9.59 Å².